The molecule has 1 heterocycles. The van der Waals surface area contributed by atoms with E-state index >= 15 is 0 Å². The molecule has 1 fully saturated rings. The topological polar surface area (TPSA) is 104 Å². The van der Waals surface area contributed by atoms with Crippen molar-refractivity contribution in [3.8, 4) is 0 Å². The lowest BCUT2D eigenvalue weighted by Gasteiger charge is -2.37. The molecule has 0 atom stereocenters. The van der Waals surface area contributed by atoms with E-state index in [0.717, 1.165) is 68.4 Å². The van der Waals surface area contributed by atoms with Crippen LogP contribution in [0.1, 0.15) is 48.0 Å². The summed E-state index contributed by atoms with van der Waals surface area (Å²) in [5, 5.41) is 0.725. The van der Waals surface area contributed by atoms with Gasteiger partial charge in [0.05, 0.1) is 9.79 Å². The zero-order valence-electron chi connectivity index (χ0n) is 24.8. The summed E-state index contributed by atoms with van der Waals surface area (Å²) in [6.07, 6.45) is 5.71. The van der Waals surface area contributed by atoms with Crippen molar-refractivity contribution in [2.24, 2.45) is 0 Å². The Labute approximate surface area is 271 Å². The van der Waals surface area contributed by atoms with Crippen molar-refractivity contribution in [1.82, 2.24) is 9.62 Å². The van der Waals surface area contributed by atoms with Crippen LogP contribution in [0.3, 0.4) is 0 Å². The fraction of sp³-hybridized carbons (Fsp3) is 0.344. The molecule has 1 amide bonds. The number of amides is 1. The number of nitrogens with one attached hydrogen (secondary N) is 1. The minimum atomic E-state index is -5.77. The molecule has 0 saturated carbocycles. The number of piperazine rings is 1. The highest BCUT2D eigenvalue weighted by atomic mass is 35.5. The van der Waals surface area contributed by atoms with Crippen molar-refractivity contribution in [1.29, 1.82) is 0 Å². The fourth-order valence-corrected chi connectivity index (χ4v) is 7.79. The molecule has 2 aliphatic rings. The second-order valence-corrected chi connectivity index (χ2v) is 15.4. The Morgan fingerprint density at radius 2 is 1.43 bits per heavy atom. The van der Waals surface area contributed by atoms with Crippen molar-refractivity contribution in [2.45, 2.75) is 47.4 Å². The van der Waals surface area contributed by atoms with Crippen LogP contribution in [0, 0.1) is 0 Å². The Balaban J connectivity index is 1.20. The SMILES string of the molecule is O=C(NS(=O)(=O)c1cccc(S(=O)(=O)C(F)(F)F)c1)c1ccc(N2CCN(CC3=C(c4ccc(Cl)cc4)CCCCC3)CC2)cc1. The first-order valence-corrected chi connectivity index (χ1v) is 18.1. The molecule has 46 heavy (non-hydrogen) atoms. The van der Waals surface area contributed by atoms with Crippen LogP contribution in [0.2, 0.25) is 5.02 Å². The van der Waals surface area contributed by atoms with Gasteiger partial charge in [-0.3, -0.25) is 9.69 Å². The molecule has 8 nitrogen and oxygen atoms in total. The first kappa shape index (κ1) is 34.0. The maximum absolute atomic E-state index is 12.9. The van der Waals surface area contributed by atoms with Crippen LogP contribution in [0.5, 0.6) is 0 Å². The van der Waals surface area contributed by atoms with Gasteiger partial charge >= 0.3 is 5.51 Å². The minimum Gasteiger partial charge on any atom is -0.369 e. The first-order valence-electron chi connectivity index (χ1n) is 14.8. The van der Waals surface area contributed by atoms with E-state index in [1.807, 2.05) is 12.1 Å². The van der Waals surface area contributed by atoms with E-state index in [-0.39, 0.29) is 5.56 Å². The highest BCUT2D eigenvalue weighted by molar-refractivity contribution is 7.92. The lowest BCUT2D eigenvalue weighted by atomic mass is 9.95. The van der Waals surface area contributed by atoms with E-state index in [1.54, 1.807) is 16.9 Å². The number of sulfone groups is 1. The summed E-state index contributed by atoms with van der Waals surface area (Å²) in [6.45, 7) is 4.13. The van der Waals surface area contributed by atoms with Gasteiger partial charge in [0.1, 0.15) is 0 Å². The van der Waals surface area contributed by atoms with Gasteiger partial charge in [-0.15, -0.1) is 0 Å². The Hall–Kier alpha value is -3.39. The van der Waals surface area contributed by atoms with Gasteiger partial charge in [-0.2, -0.15) is 13.2 Å². The molecule has 14 heteroatoms. The van der Waals surface area contributed by atoms with Gasteiger partial charge in [-0.1, -0.05) is 41.8 Å². The van der Waals surface area contributed by atoms with Crippen LogP contribution < -0.4 is 9.62 Å². The molecule has 3 aromatic carbocycles. The molecule has 0 aromatic heterocycles. The fourth-order valence-electron chi connectivity index (χ4n) is 5.76. The van der Waals surface area contributed by atoms with Crippen LogP contribution in [-0.2, 0) is 19.9 Å². The van der Waals surface area contributed by atoms with E-state index in [4.69, 9.17) is 11.6 Å². The third-order valence-electron chi connectivity index (χ3n) is 8.26. The summed E-state index contributed by atoms with van der Waals surface area (Å²) in [5.74, 6) is -1.01. The second kappa shape index (κ2) is 13.8. The van der Waals surface area contributed by atoms with Crippen molar-refractivity contribution < 1.29 is 34.8 Å². The van der Waals surface area contributed by atoms with Gasteiger partial charge in [0.15, 0.2) is 0 Å². The van der Waals surface area contributed by atoms with E-state index in [9.17, 15) is 34.8 Å². The molecule has 1 aliphatic heterocycles. The smallest absolute Gasteiger partial charge is 0.369 e. The third kappa shape index (κ3) is 7.76. The number of sulfonamides is 1. The monoisotopic (exact) mass is 695 g/mol. The van der Waals surface area contributed by atoms with Gasteiger partial charge in [-0.05, 0) is 91.4 Å². The number of benzene rings is 3. The first-order chi connectivity index (χ1) is 21.7. The molecule has 0 bridgehead atoms. The number of allylic oxidation sites excluding steroid dienone is 1. The minimum absolute atomic E-state index is 0.0139. The summed E-state index contributed by atoms with van der Waals surface area (Å²) in [5.41, 5.74) is -0.598. The number of alkyl halides is 3. The molecule has 246 valence electrons. The maximum atomic E-state index is 12.9. The van der Waals surface area contributed by atoms with Crippen molar-refractivity contribution in [3.05, 3.63) is 94.5 Å². The number of carbonyl (C=O) groups is 1. The largest absolute Gasteiger partial charge is 0.501 e. The zero-order chi connectivity index (χ0) is 33.1. The van der Waals surface area contributed by atoms with Gasteiger partial charge < -0.3 is 4.90 Å². The number of carbonyl (C=O) groups excluding carboxylic acids is 1. The molecule has 1 saturated heterocycles. The average Bonchev–Trinajstić information content (AvgIpc) is 3.26. The molecule has 1 aliphatic carbocycles. The normalized spacial score (nSPS) is 17.1. The highest BCUT2D eigenvalue weighted by Gasteiger charge is 2.47. The van der Waals surface area contributed by atoms with E-state index < -0.39 is 41.1 Å². The number of anilines is 1. The molecule has 5 rings (SSSR count). The molecule has 1 N–H and O–H groups in total. The molecule has 3 aromatic rings. The number of rotatable bonds is 8. The van der Waals surface area contributed by atoms with Crippen LogP contribution in [0.25, 0.3) is 5.57 Å². The number of hydrogen-bond acceptors (Lipinski definition) is 7. The number of hydrogen-bond donors (Lipinski definition) is 1. The Bertz CT molecular complexity index is 1820. The van der Waals surface area contributed by atoms with Gasteiger partial charge in [0.2, 0.25) is 0 Å². The van der Waals surface area contributed by atoms with Crippen LogP contribution in [0.15, 0.2) is 88.2 Å². The van der Waals surface area contributed by atoms with Crippen LogP contribution in [-0.4, -0.2) is 65.9 Å². The second-order valence-electron chi connectivity index (χ2n) is 11.3. The number of nitrogens with zero attached hydrogens (tertiary/aromatic N) is 2. The lowest BCUT2D eigenvalue weighted by Crippen LogP contribution is -2.47. The van der Waals surface area contributed by atoms with E-state index in [1.165, 1.54) is 48.1 Å². The van der Waals surface area contributed by atoms with Gasteiger partial charge in [-0.25, -0.2) is 21.6 Å². The summed E-state index contributed by atoms with van der Waals surface area (Å²) in [7, 11) is -10.4. The summed E-state index contributed by atoms with van der Waals surface area (Å²) in [6, 6.07) is 17.2. The highest BCUT2D eigenvalue weighted by Crippen LogP contribution is 2.33. The van der Waals surface area contributed by atoms with Crippen LogP contribution >= 0.6 is 11.6 Å². The van der Waals surface area contributed by atoms with Gasteiger partial charge in [0.25, 0.3) is 25.8 Å². The average molecular weight is 696 g/mol. The number of halogens is 4. The molecule has 0 spiro atoms. The molecular formula is C32H33ClF3N3O5S2. The summed E-state index contributed by atoms with van der Waals surface area (Å²) >= 11 is 6.12. The molecule has 0 radical (unpaired) electrons. The van der Waals surface area contributed by atoms with Crippen molar-refractivity contribution in [2.75, 3.05) is 37.6 Å². The summed E-state index contributed by atoms with van der Waals surface area (Å²) in [4.78, 5) is 15.3. The van der Waals surface area contributed by atoms with E-state index in [2.05, 4.69) is 21.9 Å². The van der Waals surface area contributed by atoms with Crippen LogP contribution in [0.4, 0.5) is 18.9 Å². The molecule has 0 unspecified atom stereocenters. The maximum Gasteiger partial charge on any atom is 0.501 e. The zero-order valence-corrected chi connectivity index (χ0v) is 27.2. The third-order valence-corrected chi connectivity index (χ3v) is 11.3. The Kier molecular flexibility index (Phi) is 10.2. The Morgan fingerprint density at radius 3 is 2.09 bits per heavy atom. The van der Waals surface area contributed by atoms with E-state index in [0.29, 0.717) is 12.1 Å². The quantitative estimate of drug-likeness (QED) is 0.295. The Morgan fingerprint density at radius 1 is 0.804 bits per heavy atom. The summed E-state index contributed by atoms with van der Waals surface area (Å²) < 4.78 is 89.5. The molecular weight excluding hydrogens is 663 g/mol. The van der Waals surface area contributed by atoms with Crippen molar-refractivity contribution in [3.63, 3.8) is 0 Å². The predicted molar refractivity (Wildman–Crippen MR) is 171 cm³/mol. The lowest BCUT2D eigenvalue weighted by molar-refractivity contribution is -0.0436. The van der Waals surface area contributed by atoms with Crippen molar-refractivity contribution >= 4 is 48.6 Å². The standard InChI is InChI=1S/C32H33ClF3N3O5S2/c33-26-13-9-23(10-14-26)30-8-3-1-2-5-25(30)22-38-17-19-39(20-18-38)27-15-11-24(12-16-27)31(40)37-46(43,44)29-7-4-6-28(21-29)45(41,42)32(34,35)36/h4,6-7,9-16,21H,1-3,5,8,17-20,22H2,(H,37,40). The predicted octanol–water partition coefficient (Wildman–Crippen LogP) is 6.29. The van der Waals surface area contributed by atoms with Gasteiger partial charge in [0, 0.05) is 49.0 Å².